The molecule has 1 N–H and O–H groups in total. The van der Waals surface area contributed by atoms with Gasteiger partial charge in [0, 0.05) is 35.7 Å². The van der Waals surface area contributed by atoms with Crippen LogP contribution < -0.4 is 5.43 Å². The smallest absolute Gasteiger partial charge is 0.283 e. The SMILES string of the molecule is O=C(/C(=N/Nc1ccc([N+](=O)[O-])cc1)Sc1nnc(-c2ccncc2)o1)c1ccccc1. The molecule has 0 fully saturated rings. The van der Waals surface area contributed by atoms with Crippen LogP contribution in [0.5, 0.6) is 0 Å². The summed E-state index contributed by atoms with van der Waals surface area (Å²) in [5.74, 6) is -0.0709. The maximum absolute atomic E-state index is 13.0. The number of nitro groups is 1. The molecule has 0 aliphatic heterocycles. The number of carbonyl (C=O) groups excluding carboxylic acids is 1. The Morgan fingerprint density at radius 1 is 1.00 bits per heavy atom. The van der Waals surface area contributed by atoms with Gasteiger partial charge in [-0.1, -0.05) is 30.3 Å². The molecule has 0 bridgehead atoms. The van der Waals surface area contributed by atoms with Gasteiger partial charge < -0.3 is 4.42 Å². The van der Waals surface area contributed by atoms with Crippen LogP contribution in [0.4, 0.5) is 11.4 Å². The molecule has 0 radical (unpaired) electrons. The summed E-state index contributed by atoms with van der Waals surface area (Å²) < 4.78 is 5.66. The lowest BCUT2D eigenvalue weighted by atomic mass is 10.1. The summed E-state index contributed by atoms with van der Waals surface area (Å²) in [7, 11) is 0. The Hall–Kier alpha value is -4.38. The molecule has 158 valence electrons. The lowest BCUT2D eigenvalue weighted by Crippen LogP contribution is -2.13. The van der Waals surface area contributed by atoms with Gasteiger partial charge in [0.05, 0.1) is 10.6 Å². The highest BCUT2D eigenvalue weighted by atomic mass is 32.2. The van der Waals surface area contributed by atoms with Crippen molar-refractivity contribution in [3.63, 3.8) is 0 Å². The maximum Gasteiger partial charge on any atom is 0.283 e. The largest absolute Gasteiger partial charge is 0.411 e. The molecule has 2 heterocycles. The highest BCUT2D eigenvalue weighted by Crippen LogP contribution is 2.25. The number of thioether (sulfide) groups is 1. The second-order valence-corrected chi connectivity index (χ2v) is 7.18. The van der Waals surface area contributed by atoms with Crippen molar-refractivity contribution in [1.29, 1.82) is 0 Å². The van der Waals surface area contributed by atoms with E-state index in [1.165, 1.54) is 24.3 Å². The predicted octanol–water partition coefficient (Wildman–Crippen LogP) is 4.44. The number of benzene rings is 2. The number of non-ortho nitro benzene ring substituents is 1. The van der Waals surface area contributed by atoms with Gasteiger partial charge in [0.25, 0.3) is 10.9 Å². The molecule has 2 aromatic carbocycles. The van der Waals surface area contributed by atoms with Gasteiger partial charge in [-0.05, 0) is 36.0 Å². The minimum Gasteiger partial charge on any atom is -0.411 e. The third-order valence-corrected chi connectivity index (χ3v) is 4.92. The third kappa shape index (κ3) is 5.02. The monoisotopic (exact) mass is 446 g/mol. The fraction of sp³-hybridized carbons (Fsp3) is 0. The van der Waals surface area contributed by atoms with Crippen LogP contribution in [0.3, 0.4) is 0 Å². The molecule has 0 saturated heterocycles. The number of nitrogens with one attached hydrogen (secondary N) is 1. The number of aromatic nitrogens is 3. The predicted molar refractivity (Wildman–Crippen MR) is 118 cm³/mol. The Morgan fingerprint density at radius 3 is 2.41 bits per heavy atom. The Morgan fingerprint density at radius 2 is 1.72 bits per heavy atom. The maximum atomic E-state index is 13.0. The number of hydrazone groups is 1. The van der Waals surface area contributed by atoms with Crippen molar-refractivity contribution in [2.45, 2.75) is 5.22 Å². The van der Waals surface area contributed by atoms with E-state index in [9.17, 15) is 14.9 Å². The molecule has 32 heavy (non-hydrogen) atoms. The van der Waals surface area contributed by atoms with E-state index in [4.69, 9.17) is 4.42 Å². The van der Waals surface area contributed by atoms with Crippen LogP contribution in [-0.2, 0) is 0 Å². The van der Waals surface area contributed by atoms with Crippen LogP contribution in [0.15, 0.2) is 93.9 Å². The molecule has 11 heteroatoms. The minimum atomic E-state index is -0.497. The van der Waals surface area contributed by atoms with Gasteiger partial charge in [-0.25, -0.2) is 0 Å². The van der Waals surface area contributed by atoms with E-state index in [1.807, 2.05) is 0 Å². The van der Waals surface area contributed by atoms with Crippen molar-refractivity contribution in [3.8, 4) is 11.5 Å². The first-order valence-corrected chi connectivity index (χ1v) is 10.0. The molecule has 10 nitrogen and oxygen atoms in total. The van der Waals surface area contributed by atoms with Gasteiger partial charge in [0.15, 0.2) is 5.04 Å². The summed E-state index contributed by atoms with van der Waals surface area (Å²) >= 11 is 0.908. The highest BCUT2D eigenvalue weighted by molar-refractivity contribution is 8.15. The number of carbonyl (C=O) groups is 1. The molecule has 0 atom stereocenters. The summed E-state index contributed by atoms with van der Waals surface area (Å²) in [5.41, 5.74) is 4.28. The van der Waals surface area contributed by atoms with E-state index in [0.717, 1.165) is 11.8 Å². The number of rotatable bonds is 7. The number of nitrogens with zero attached hydrogens (tertiary/aromatic N) is 5. The van der Waals surface area contributed by atoms with Crippen LogP contribution >= 0.6 is 11.8 Å². The zero-order chi connectivity index (χ0) is 22.3. The van der Waals surface area contributed by atoms with Crippen molar-refractivity contribution in [2.75, 3.05) is 5.43 Å². The Balaban J connectivity index is 1.59. The van der Waals surface area contributed by atoms with Crippen LogP contribution in [0.1, 0.15) is 10.4 Å². The molecular weight excluding hydrogens is 432 g/mol. The molecule has 0 saturated carbocycles. The van der Waals surface area contributed by atoms with Gasteiger partial charge in [-0.3, -0.25) is 25.3 Å². The van der Waals surface area contributed by atoms with E-state index < -0.39 is 4.92 Å². The Bertz CT molecular complexity index is 1260. The number of anilines is 1. The average Bonchev–Trinajstić information content (AvgIpc) is 3.31. The van der Waals surface area contributed by atoms with Gasteiger partial charge in [-0.15, -0.1) is 10.2 Å². The van der Waals surface area contributed by atoms with E-state index in [2.05, 4.69) is 25.7 Å². The summed E-state index contributed by atoms with van der Waals surface area (Å²) in [4.78, 5) is 27.3. The first-order valence-electron chi connectivity index (χ1n) is 9.20. The topological polar surface area (TPSA) is 136 Å². The Kier molecular flexibility index (Phi) is 6.28. The second-order valence-electron chi connectivity index (χ2n) is 6.24. The Labute approximate surface area is 185 Å². The standard InChI is InChI=1S/C21H14N6O4S/c28-18(14-4-2-1-3-5-14)20(25-23-16-6-8-17(9-7-16)27(29)30)32-21-26-24-19(31-21)15-10-12-22-13-11-15/h1-13,23H/b25-20-. The fourth-order valence-electron chi connectivity index (χ4n) is 2.55. The molecule has 4 aromatic rings. The molecule has 0 unspecified atom stereocenters. The first kappa shape index (κ1) is 20.9. The molecule has 0 aliphatic rings. The van der Waals surface area contributed by atoms with Crippen molar-refractivity contribution in [1.82, 2.24) is 15.2 Å². The van der Waals surface area contributed by atoms with Crippen LogP contribution in [-0.4, -0.2) is 30.9 Å². The summed E-state index contributed by atoms with van der Waals surface area (Å²) in [6.45, 7) is 0. The number of pyridine rings is 1. The average molecular weight is 446 g/mol. The van der Waals surface area contributed by atoms with Crippen LogP contribution in [0.2, 0.25) is 0 Å². The number of nitro benzene ring substituents is 1. The normalized spacial score (nSPS) is 11.2. The van der Waals surface area contributed by atoms with E-state index in [-0.39, 0.29) is 27.6 Å². The van der Waals surface area contributed by atoms with E-state index in [0.29, 0.717) is 16.8 Å². The molecule has 0 aliphatic carbocycles. The fourth-order valence-corrected chi connectivity index (χ4v) is 3.22. The van der Waals surface area contributed by atoms with Crippen LogP contribution in [0, 0.1) is 10.1 Å². The van der Waals surface area contributed by atoms with E-state index >= 15 is 0 Å². The van der Waals surface area contributed by atoms with Gasteiger partial charge in [-0.2, -0.15) is 5.10 Å². The van der Waals surface area contributed by atoms with Gasteiger partial charge in [0.2, 0.25) is 11.7 Å². The molecular formula is C21H14N6O4S. The summed E-state index contributed by atoms with van der Waals surface area (Å²) in [6, 6.07) is 17.7. The first-order chi connectivity index (χ1) is 15.6. The number of ketones is 1. The molecule has 0 amide bonds. The minimum absolute atomic E-state index is 0.0519. The van der Waals surface area contributed by atoms with Crippen molar-refractivity contribution in [2.24, 2.45) is 5.10 Å². The summed E-state index contributed by atoms with van der Waals surface area (Å²) in [6.07, 6.45) is 3.21. The number of Topliss-reactive ketones (excluding diaryl/α,β-unsaturated/α-hetero) is 1. The van der Waals surface area contributed by atoms with Crippen LogP contribution in [0.25, 0.3) is 11.5 Å². The number of hydrogen-bond acceptors (Lipinski definition) is 10. The summed E-state index contributed by atoms with van der Waals surface area (Å²) in [5, 5.41) is 23.2. The second kappa shape index (κ2) is 9.62. The lowest BCUT2D eigenvalue weighted by molar-refractivity contribution is -0.384. The van der Waals surface area contributed by atoms with Crippen molar-refractivity contribution in [3.05, 3.63) is 94.8 Å². The quantitative estimate of drug-likeness (QED) is 0.109. The van der Waals surface area contributed by atoms with Crippen molar-refractivity contribution < 1.29 is 14.1 Å². The zero-order valence-electron chi connectivity index (χ0n) is 16.3. The number of hydrogen-bond donors (Lipinski definition) is 1. The highest BCUT2D eigenvalue weighted by Gasteiger charge is 2.20. The van der Waals surface area contributed by atoms with Crippen molar-refractivity contribution >= 4 is 34.0 Å². The molecule has 4 rings (SSSR count). The van der Waals surface area contributed by atoms with Gasteiger partial charge >= 0.3 is 0 Å². The zero-order valence-corrected chi connectivity index (χ0v) is 17.1. The lowest BCUT2D eigenvalue weighted by Gasteiger charge is -2.05. The van der Waals surface area contributed by atoms with Gasteiger partial charge in [0.1, 0.15) is 0 Å². The molecule has 0 spiro atoms. The van der Waals surface area contributed by atoms with E-state index in [1.54, 1.807) is 54.9 Å². The third-order valence-electron chi connectivity index (χ3n) is 4.11. The molecule has 2 aromatic heterocycles.